The van der Waals surface area contributed by atoms with Crippen LogP contribution in [0.5, 0.6) is 0 Å². The van der Waals surface area contributed by atoms with Crippen molar-refractivity contribution in [1.29, 1.82) is 0 Å². The molecule has 0 aromatic rings. The Balaban J connectivity index is 0.000000791. The summed E-state index contributed by atoms with van der Waals surface area (Å²) in [5, 5.41) is 1.83. The fourth-order valence-electron chi connectivity index (χ4n) is 1.39. The van der Waals surface area contributed by atoms with Crippen LogP contribution in [0, 0.1) is 5.92 Å². The molecule has 1 aliphatic rings. The summed E-state index contributed by atoms with van der Waals surface area (Å²) in [4.78, 5) is 18.3. The molecule has 1 heterocycles. The summed E-state index contributed by atoms with van der Waals surface area (Å²) in [6.45, 7) is 4.16. The lowest BCUT2D eigenvalue weighted by Crippen LogP contribution is -2.31. The summed E-state index contributed by atoms with van der Waals surface area (Å²) in [6.07, 6.45) is 0. The number of hydrogen-bond acceptors (Lipinski definition) is 3. The highest BCUT2D eigenvalue weighted by Crippen LogP contribution is 2.08. The highest BCUT2D eigenvalue weighted by atomic mass is 19.1. The lowest BCUT2D eigenvalue weighted by molar-refractivity contribution is -0.140. The lowest BCUT2D eigenvalue weighted by atomic mass is 10.1. The molecule has 0 saturated carbocycles. The number of carbonyl (C=O) groups is 1. The van der Waals surface area contributed by atoms with Gasteiger partial charge < -0.3 is 9.74 Å². The van der Waals surface area contributed by atoms with Crippen LogP contribution >= 0.6 is 0 Å². The van der Waals surface area contributed by atoms with E-state index in [9.17, 15) is 9.18 Å². The molecular weight excluding hydrogens is 187 g/mol. The van der Waals surface area contributed by atoms with E-state index < -0.39 is 0 Å². The van der Waals surface area contributed by atoms with Gasteiger partial charge in [-0.15, -0.1) is 0 Å². The summed E-state index contributed by atoms with van der Waals surface area (Å²) in [7, 11) is 3.97. The summed E-state index contributed by atoms with van der Waals surface area (Å²) in [6, 6.07) is 0. The number of hydrogen-bond donors (Lipinski definition) is 0. The first kappa shape index (κ1) is 13.3. The Kier molecular flexibility index (Phi) is 6.40. The van der Waals surface area contributed by atoms with Gasteiger partial charge >= 0.3 is 0 Å². The first-order valence-corrected chi connectivity index (χ1v) is 4.57. The minimum atomic E-state index is 0.0393. The Morgan fingerprint density at radius 2 is 2.00 bits per heavy atom. The van der Waals surface area contributed by atoms with Gasteiger partial charge in [-0.2, -0.15) is 5.06 Å². The van der Waals surface area contributed by atoms with E-state index in [1.165, 1.54) is 0 Å². The monoisotopic (exact) mass is 206 g/mol. The molecule has 84 valence electrons. The Labute approximate surface area is 84.6 Å². The number of nitrogens with zero attached hydrogens (tertiary/aromatic N) is 2. The van der Waals surface area contributed by atoms with E-state index in [0.29, 0.717) is 13.7 Å². The molecule has 1 atom stereocenters. The maximum atomic E-state index is 11.5. The van der Waals surface area contributed by atoms with E-state index in [2.05, 4.69) is 0 Å². The number of hydroxylamine groups is 2. The molecule has 0 aliphatic carbocycles. The quantitative estimate of drug-likeness (QED) is 0.628. The molecule has 0 spiro atoms. The summed E-state index contributed by atoms with van der Waals surface area (Å²) >= 11 is 0. The zero-order valence-corrected chi connectivity index (χ0v) is 9.29. The van der Waals surface area contributed by atoms with Crippen molar-refractivity contribution >= 4 is 5.91 Å². The Morgan fingerprint density at radius 3 is 2.50 bits per heavy atom. The van der Waals surface area contributed by atoms with Gasteiger partial charge in [-0.1, -0.05) is 6.92 Å². The van der Waals surface area contributed by atoms with E-state index in [0.717, 1.165) is 13.1 Å². The molecule has 1 aliphatic heterocycles. The van der Waals surface area contributed by atoms with Crippen molar-refractivity contribution in [3.05, 3.63) is 0 Å². The van der Waals surface area contributed by atoms with Crippen molar-refractivity contribution in [2.24, 2.45) is 5.92 Å². The smallest absolute Gasteiger partial charge is 0.226 e. The van der Waals surface area contributed by atoms with Gasteiger partial charge in [0.15, 0.2) is 0 Å². The largest absolute Gasteiger partial charge is 0.344 e. The first-order valence-electron chi connectivity index (χ1n) is 4.57. The van der Waals surface area contributed by atoms with Crippen LogP contribution < -0.4 is 0 Å². The number of carbonyl (C=O) groups excluding carboxylic acids is 1. The molecule has 14 heavy (non-hydrogen) atoms. The number of likely N-dealkylation sites (N-methyl/N-ethyl adjacent to an activating group) is 1. The maximum absolute atomic E-state index is 11.5. The van der Waals surface area contributed by atoms with Gasteiger partial charge in [0.2, 0.25) is 5.91 Å². The number of halogens is 1. The first-order chi connectivity index (χ1) is 6.65. The predicted molar refractivity (Wildman–Crippen MR) is 52.4 cm³/mol. The second-order valence-electron chi connectivity index (χ2n) is 3.23. The van der Waals surface area contributed by atoms with Crippen LogP contribution in [-0.4, -0.2) is 56.8 Å². The summed E-state index contributed by atoms with van der Waals surface area (Å²) < 4.78 is 9.50. The summed E-state index contributed by atoms with van der Waals surface area (Å²) in [5.74, 6) is 0.243. The van der Waals surface area contributed by atoms with Gasteiger partial charge in [-0.05, 0) is 0 Å². The van der Waals surface area contributed by atoms with E-state index >= 15 is 0 Å². The number of alkyl halides is 1. The third-order valence-corrected chi connectivity index (χ3v) is 2.22. The van der Waals surface area contributed by atoms with E-state index in [1.54, 1.807) is 12.0 Å². The molecule has 0 aromatic carbocycles. The topological polar surface area (TPSA) is 32.8 Å². The van der Waals surface area contributed by atoms with Crippen LogP contribution in [0.2, 0.25) is 0 Å². The second-order valence-corrected chi connectivity index (χ2v) is 3.23. The van der Waals surface area contributed by atoms with E-state index in [-0.39, 0.29) is 11.8 Å². The maximum Gasteiger partial charge on any atom is 0.226 e. The van der Waals surface area contributed by atoms with Gasteiger partial charge in [-0.3, -0.25) is 9.18 Å². The molecule has 1 saturated heterocycles. The average Bonchev–Trinajstić information content (AvgIpc) is 2.35. The molecule has 1 amide bonds. The van der Waals surface area contributed by atoms with Crippen molar-refractivity contribution in [3.8, 4) is 0 Å². The van der Waals surface area contributed by atoms with Crippen LogP contribution in [0.15, 0.2) is 0 Å². The molecule has 1 fully saturated rings. The van der Waals surface area contributed by atoms with Crippen LogP contribution in [0.1, 0.15) is 6.92 Å². The molecule has 4 nitrogen and oxygen atoms in total. The van der Waals surface area contributed by atoms with Gasteiger partial charge in [0.05, 0.1) is 20.2 Å². The third-order valence-electron chi connectivity index (χ3n) is 2.22. The Bertz CT molecular complexity index is 178. The van der Waals surface area contributed by atoms with Gasteiger partial charge in [0.1, 0.15) is 0 Å². The minimum Gasteiger partial charge on any atom is -0.344 e. The highest BCUT2D eigenvalue weighted by molar-refractivity contribution is 5.78. The van der Waals surface area contributed by atoms with Crippen molar-refractivity contribution in [2.45, 2.75) is 6.92 Å². The van der Waals surface area contributed by atoms with Crippen molar-refractivity contribution < 1.29 is 14.0 Å². The average molecular weight is 206 g/mol. The van der Waals surface area contributed by atoms with Crippen LogP contribution in [0.25, 0.3) is 0 Å². The lowest BCUT2D eigenvalue weighted by Gasteiger charge is -2.17. The normalized spacial score (nSPS) is 23.9. The summed E-state index contributed by atoms with van der Waals surface area (Å²) in [5.41, 5.74) is 0. The van der Waals surface area contributed by atoms with Crippen LogP contribution in [0.4, 0.5) is 4.39 Å². The highest BCUT2D eigenvalue weighted by Gasteiger charge is 2.24. The molecule has 0 N–H and O–H groups in total. The standard InChI is InChI=1S/C8H16N2O2.CH3F/c1-7-6-10(12-3)5-4-9(2)8(7)11;1-2/h7H,4-6H2,1-3H3;1H3. The van der Waals surface area contributed by atoms with Gasteiger partial charge in [0, 0.05) is 26.7 Å². The zero-order chi connectivity index (χ0) is 11.1. The molecular formula is C9H19FN2O2. The zero-order valence-electron chi connectivity index (χ0n) is 9.29. The number of rotatable bonds is 1. The minimum absolute atomic E-state index is 0.0393. The van der Waals surface area contributed by atoms with E-state index in [1.807, 2.05) is 19.0 Å². The van der Waals surface area contributed by atoms with Crippen molar-refractivity contribution in [3.63, 3.8) is 0 Å². The molecule has 0 radical (unpaired) electrons. The molecule has 1 rings (SSSR count). The molecule has 0 bridgehead atoms. The van der Waals surface area contributed by atoms with Crippen molar-refractivity contribution in [2.75, 3.05) is 41.0 Å². The fourth-order valence-corrected chi connectivity index (χ4v) is 1.39. The SMILES string of the molecule is CF.CON1CCN(C)C(=O)C(C)C1. The van der Waals surface area contributed by atoms with Gasteiger partial charge in [0.25, 0.3) is 0 Å². The van der Waals surface area contributed by atoms with Crippen LogP contribution in [0.3, 0.4) is 0 Å². The third kappa shape index (κ3) is 3.59. The predicted octanol–water partition coefficient (Wildman–Crippen LogP) is 0.544. The Hall–Kier alpha value is -0.680. The fraction of sp³-hybridized carbons (Fsp3) is 0.889. The Morgan fingerprint density at radius 1 is 1.43 bits per heavy atom. The van der Waals surface area contributed by atoms with E-state index in [4.69, 9.17) is 4.84 Å². The molecule has 0 aromatic heterocycles. The number of amides is 1. The second kappa shape index (κ2) is 6.73. The van der Waals surface area contributed by atoms with Crippen molar-refractivity contribution in [1.82, 2.24) is 9.96 Å². The van der Waals surface area contributed by atoms with Crippen LogP contribution in [-0.2, 0) is 9.63 Å². The molecule has 1 unspecified atom stereocenters. The molecule has 5 heteroatoms. The van der Waals surface area contributed by atoms with Gasteiger partial charge in [-0.25, -0.2) is 0 Å².